The van der Waals surface area contributed by atoms with Crippen molar-refractivity contribution in [1.29, 1.82) is 0 Å². The number of likely N-dealkylation sites (tertiary alicyclic amines) is 1. The lowest BCUT2D eigenvalue weighted by Crippen LogP contribution is -2.51. The highest BCUT2D eigenvalue weighted by Crippen LogP contribution is 2.48. The van der Waals surface area contributed by atoms with Crippen molar-refractivity contribution in [3.8, 4) is 5.75 Å². The Morgan fingerprint density at radius 1 is 1.33 bits per heavy atom. The topological polar surface area (TPSA) is 59.1 Å². The Kier molecular flexibility index (Phi) is 4.41. The lowest BCUT2D eigenvalue weighted by Gasteiger charge is -2.34. The molecule has 3 fully saturated rings. The Morgan fingerprint density at radius 3 is 2.81 bits per heavy atom. The molecule has 27 heavy (non-hydrogen) atoms. The summed E-state index contributed by atoms with van der Waals surface area (Å²) in [5.74, 6) is 1.05. The third kappa shape index (κ3) is 2.81. The van der Waals surface area contributed by atoms with Gasteiger partial charge < -0.3 is 19.3 Å². The molecule has 1 spiro atoms. The summed E-state index contributed by atoms with van der Waals surface area (Å²) in [5.41, 5.74) is 1.70. The van der Waals surface area contributed by atoms with E-state index in [2.05, 4.69) is 13.8 Å². The maximum absolute atomic E-state index is 12.8. The summed E-state index contributed by atoms with van der Waals surface area (Å²) < 4.78 is 11.9. The van der Waals surface area contributed by atoms with E-state index in [1.165, 1.54) is 5.56 Å². The van der Waals surface area contributed by atoms with Gasteiger partial charge in [-0.1, -0.05) is 19.9 Å². The van der Waals surface area contributed by atoms with Crippen LogP contribution < -0.4 is 4.74 Å². The number of amides is 2. The summed E-state index contributed by atoms with van der Waals surface area (Å²) in [6.45, 7) is 9.44. The van der Waals surface area contributed by atoms with Gasteiger partial charge in [-0.2, -0.15) is 0 Å². The number of hydrogen-bond acceptors (Lipinski definition) is 4. The Balaban J connectivity index is 1.46. The Labute approximate surface area is 160 Å². The molecule has 0 N–H and O–H groups in total. The van der Waals surface area contributed by atoms with E-state index in [4.69, 9.17) is 9.47 Å². The van der Waals surface area contributed by atoms with Crippen LogP contribution in [0.25, 0.3) is 0 Å². The SMILES string of the molecule is Cc1ccc(OCC(=O)N2CC[C@@]34OC[C@@H](C(C)C)N3C(=O)C[C@@H]24)cc1C. The molecule has 6 heteroatoms. The Bertz CT molecular complexity index is 777. The van der Waals surface area contributed by atoms with Crippen LogP contribution in [0.4, 0.5) is 0 Å². The molecule has 4 rings (SSSR count). The first-order chi connectivity index (χ1) is 12.8. The predicted octanol–water partition coefficient (Wildman–Crippen LogP) is 2.27. The maximum Gasteiger partial charge on any atom is 0.260 e. The first-order valence-electron chi connectivity index (χ1n) is 9.79. The molecule has 3 atom stereocenters. The van der Waals surface area contributed by atoms with E-state index in [0.29, 0.717) is 37.7 Å². The number of ether oxygens (including phenoxy) is 2. The molecule has 2 amide bonds. The fourth-order valence-electron chi connectivity index (χ4n) is 4.70. The molecular weight excluding hydrogens is 344 g/mol. The third-order valence-corrected chi connectivity index (χ3v) is 6.42. The van der Waals surface area contributed by atoms with Crippen LogP contribution in [0.15, 0.2) is 18.2 Å². The zero-order chi connectivity index (χ0) is 19.3. The van der Waals surface area contributed by atoms with Crippen molar-refractivity contribution in [1.82, 2.24) is 9.80 Å². The van der Waals surface area contributed by atoms with Gasteiger partial charge >= 0.3 is 0 Å². The second kappa shape index (κ2) is 6.51. The first-order valence-corrected chi connectivity index (χ1v) is 9.79. The van der Waals surface area contributed by atoms with Crippen molar-refractivity contribution in [2.45, 2.75) is 58.3 Å². The zero-order valence-electron chi connectivity index (χ0n) is 16.5. The van der Waals surface area contributed by atoms with Crippen molar-refractivity contribution in [3.63, 3.8) is 0 Å². The number of hydrogen-bond donors (Lipinski definition) is 0. The van der Waals surface area contributed by atoms with Crippen molar-refractivity contribution < 1.29 is 19.1 Å². The molecule has 3 aliphatic rings. The predicted molar refractivity (Wildman–Crippen MR) is 100 cm³/mol. The molecule has 0 unspecified atom stereocenters. The third-order valence-electron chi connectivity index (χ3n) is 6.42. The second-order valence-corrected chi connectivity index (χ2v) is 8.32. The molecule has 146 valence electrons. The Morgan fingerprint density at radius 2 is 2.11 bits per heavy atom. The molecule has 0 saturated carbocycles. The summed E-state index contributed by atoms with van der Waals surface area (Å²) in [5, 5.41) is 0. The van der Waals surface area contributed by atoms with Gasteiger partial charge in [0, 0.05) is 13.0 Å². The maximum atomic E-state index is 12.8. The molecule has 3 heterocycles. The van der Waals surface area contributed by atoms with Crippen LogP contribution >= 0.6 is 0 Å². The van der Waals surface area contributed by atoms with Gasteiger partial charge in [0.05, 0.1) is 25.1 Å². The second-order valence-electron chi connectivity index (χ2n) is 8.32. The van der Waals surface area contributed by atoms with Gasteiger partial charge in [0.1, 0.15) is 5.75 Å². The van der Waals surface area contributed by atoms with Gasteiger partial charge in [0.15, 0.2) is 12.3 Å². The van der Waals surface area contributed by atoms with Gasteiger partial charge in [0.2, 0.25) is 5.91 Å². The van der Waals surface area contributed by atoms with Gasteiger partial charge in [-0.05, 0) is 43.0 Å². The Hall–Kier alpha value is -2.08. The van der Waals surface area contributed by atoms with E-state index in [0.717, 1.165) is 5.56 Å². The number of carbonyl (C=O) groups is 2. The highest BCUT2D eigenvalue weighted by Gasteiger charge is 2.65. The van der Waals surface area contributed by atoms with Crippen molar-refractivity contribution in [3.05, 3.63) is 29.3 Å². The molecule has 0 bridgehead atoms. The van der Waals surface area contributed by atoms with Crippen molar-refractivity contribution in [2.75, 3.05) is 19.8 Å². The normalized spacial score (nSPS) is 29.4. The number of benzene rings is 1. The van der Waals surface area contributed by atoms with Crippen LogP contribution in [0.5, 0.6) is 5.75 Å². The molecule has 0 aliphatic carbocycles. The van der Waals surface area contributed by atoms with Gasteiger partial charge in [-0.15, -0.1) is 0 Å². The molecule has 6 nitrogen and oxygen atoms in total. The lowest BCUT2D eigenvalue weighted by molar-refractivity contribution is -0.142. The standard InChI is InChI=1S/C21H28N2O4/c1-13(2)17-11-27-21-7-8-22(18(21)10-19(24)23(17)21)20(25)12-26-16-6-5-14(3)15(4)9-16/h5-6,9,13,17-18H,7-8,10-12H2,1-4H3/t17-,18+,21-/m0/s1. The monoisotopic (exact) mass is 372 g/mol. The number of rotatable bonds is 4. The van der Waals surface area contributed by atoms with Crippen LogP contribution in [-0.2, 0) is 14.3 Å². The lowest BCUT2D eigenvalue weighted by atomic mass is 10.0. The molecule has 3 aliphatic heterocycles. The fraction of sp³-hybridized carbons (Fsp3) is 0.619. The molecule has 0 radical (unpaired) electrons. The minimum absolute atomic E-state index is 0.0170. The van der Waals surface area contributed by atoms with Gasteiger partial charge in [0.25, 0.3) is 5.91 Å². The van der Waals surface area contributed by atoms with Crippen molar-refractivity contribution >= 4 is 11.8 Å². The smallest absolute Gasteiger partial charge is 0.260 e. The van der Waals surface area contributed by atoms with E-state index >= 15 is 0 Å². The van der Waals surface area contributed by atoms with Gasteiger partial charge in [-0.3, -0.25) is 9.59 Å². The molecule has 3 saturated heterocycles. The van der Waals surface area contributed by atoms with Crippen LogP contribution in [0, 0.1) is 19.8 Å². The summed E-state index contributed by atoms with van der Waals surface area (Å²) in [7, 11) is 0. The van der Waals surface area contributed by atoms with Crippen LogP contribution in [0.2, 0.25) is 0 Å². The van der Waals surface area contributed by atoms with E-state index < -0.39 is 5.72 Å². The molecule has 1 aromatic rings. The first kappa shape index (κ1) is 18.3. The van der Waals surface area contributed by atoms with Crippen LogP contribution in [-0.4, -0.2) is 59.2 Å². The minimum Gasteiger partial charge on any atom is -0.484 e. The summed E-state index contributed by atoms with van der Waals surface area (Å²) >= 11 is 0. The average molecular weight is 372 g/mol. The molecular formula is C21H28N2O4. The number of nitrogens with zero attached hydrogens (tertiary/aromatic N) is 2. The van der Waals surface area contributed by atoms with Gasteiger partial charge in [-0.25, -0.2) is 0 Å². The summed E-state index contributed by atoms with van der Waals surface area (Å²) in [6, 6.07) is 5.72. The van der Waals surface area contributed by atoms with E-state index in [9.17, 15) is 9.59 Å². The number of carbonyl (C=O) groups excluding carboxylic acids is 2. The molecule has 1 aromatic carbocycles. The highest BCUT2D eigenvalue weighted by molar-refractivity contribution is 5.85. The average Bonchev–Trinajstić information content (AvgIpc) is 3.25. The van der Waals surface area contributed by atoms with E-state index in [1.807, 2.05) is 36.9 Å². The van der Waals surface area contributed by atoms with Crippen molar-refractivity contribution in [2.24, 2.45) is 5.92 Å². The highest BCUT2D eigenvalue weighted by atomic mass is 16.5. The van der Waals surface area contributed by atoms with E-state index in [-0.39, 0.29) is 30.5 Å². The summed E-state index contributed by atoms with van der Waals surface area (Å²) in [4.78, 5) is 29.2. The van der Waals surface area contributed by atoms with Crippen LogP contribution in [0.3, 0.4) is 0 Å². The van der Waals surface area contributed by atoms with E-state index in [1.54, 1.807) is 4.90 Å². The number of aryl methyl sites for hydroxylation is 2. The zero-order valence-corrected chi connectivity index (χ0v) is 16.5. The van der Waals surface area contributed by atoms with Crippen LogP contribution in [0.1, 0.15) is 37.8 Å². The quantitative estimate of drug-likeness (QED) is 0.814. The minimum atomic E-state index is -0.623. The molecule has 0 aromatic heterocycles. The fourth-order valence-corrected chi connectivity index (χ4v) is 4.70. The largest absolute Gasteiger partial charge is 0.484 e. The summed E-state index contributed by atoms with van der Waals surface area (Å²) in [6.07, 6.45) is 1.03.